The van der Waals surface area contributed by atoms with Crippen molar-refractivity contribution in [1.82, 2.24) is 5.32 Å². The zero-order chi connectivity index (χ0) is 11.6. The second-order valence-electron chi connectivity index (χ2n) is 5.02. The third kappa shape index (κ3) is 2.74. The Balaban J connectivity index is 1.83. The molecule has 1 N–H and O–H groups in total. The molecule has 0 heterocycles. The summed E-state index contributed by atoms with van der Waals surface area (Å²) in [6, 6.07) is 4.97. The van der Waals surface area contributed by atoms with Gasteiger partial charge in [-0.2, -0.15) is 0 Å². The van der Waals surface area contributed by atoms with E-state index in [2.05, 4.69) is 12.2 Å². The van der Waals surface area contributed by atoms with Crippen LogP contribution in [-0.2, 0) is 6.54 Å². The van der Waals surface area contributed by atoms with Crippen LogP contribution in [-0.4, -0.2) is 6.54 Å². The maximum atomic E-state index is 13.2. The molecule has 16 heavy (non-hydrogen) atoms. The first kappa shape index (κ1) is 11.9. The van der Waals surface area contributed by atoms with Gasteiger partial charge in [0.1, 0.15) is 5.82 Å². The van der Waals surface area contributed by atoms with Crippen LogP contribution < -0.4 is 5.32 Å². The molecule has 0 radical (unpaired) electrons. The second kappa shape index (κ2) is 4.72. The van der Waals surface area contributed by atoms with Gasteiger partial charge in [0.15, 0.2) is 0 Å². The minimum Gasteiger partial charge on any atom is -0.312 e. The van der Waals surface area contributed by atoms with Crippen molar-refractivity contribution in [2.75, 3.05) is 6.54 Å². The molecular weight excluding hydrogens is 225 g/mol. The van der Waals surface area contributed by atoms with E-state index in [1.165, 1.54) is 25.3 Å². The number of hydrogen-bond donors (Lipinski definition) is 1. The van der Waals surface area contributed by atoms with Gasteiger partial charge >= 0.3 is 0 Å². The standard InChI is InChI=1S/C13H17ClFN/c1-13(5-2-6-13)9-16-8-10-3-4-11(14)12(15)7-10/h3-4,7,16H,2,5-6,8-9H2,1H3. The van der Waals surface area contributed by atoms with Gasteiger partial charge in [-0.05, 0) is 36.0 Å². The van der Waals surface area contributed by atoms with E-state index in [0.717, 1.165) is 12.1 Å². The molecule has 0 aromatic heterocycles. The molecule has 88 valence electrons. The lowest BCUT2D eigenvalue weighted by Gasteiger charge is -2.38. The molecule has 1 aromatic rings. The lowest BCUT2D eigenvalue weighted by Crippen LogP contribution is -2.36. The van der Waals surface area contributed by atoms with Crippen LogP contribution in [0.1, 0.15) is 31.7 Å². The molecule has 0 bridgehead atoms. The Labute approximate surface area is 101 Å². The van der Waals surface area contributed by atoms with Crippen molar-refractivity contribution in [3.8, 4) is 0 Å². The van der Waals surface area contributed by atoms with Crippen molar-refractivity contribution >= 4 is 11.6 Å². The summed E-state index contributed by atoms with van der Waals surface area (Å²) in [5.41, 5.74) is 1.41. The smallest absolute Gasteiger partial charge is 0.142 e. The molecule has 3 heteroatoms. The Hall–Kier alpha value is -0.600. The third-order valence-corrected chi connectivity index (χ3v) is 3.73. The van der Waals surface area contributed by atoms with E-state index in [9.17, 15) is 4.39 Å². The first-order valence-electron chi connectivity index (χ1n) is 5.74. The highest BCUT2D eigenvalue weighted by Gasteiger charge is 2.30. The van der Waals surface area contributed by atoms with Crippen molar-refractivity contribution in [2.24, 2.45) is 5.41 Å². The normalized spacial score (nSPS) is 18.2. The maximum absolute atomic E-state index is 13.2. The topological polar surface area (TPSA) is 12.0 Å². The van der Waals surface area contributed by atoms with Gasteiger partial charge in [0.05, 0.1) is 5.02 Å². The summed E-state index contributed by atoms with van der Waals surface area (Å²) in [6.45, 7) is 4.02. The van der Waals surface area contributed by atoms with Gasteiger partial charge in [-0.25, -0.2) is 4.39 Å². The Bertz CT molecular complexity index is 374. The summed E-state index contributed by atoms with van der Waals surface area (Å²) < 4.78 is 13.2. The predicted molar refractivity (Wildman–Crippen MR) is 65.1 cm³/mol. The maximum Gasteiger partial charge on any atom is 0.142 e. The average Bonchev–Trinajstić information content (AvgIpc) is 2.21. The zero-order valence-corrected chi connectivity index (χ0v) is 10.3. The number of halogens is 2. The molecule has 1 saturated carbocycles. The van der Waals surface area contributed by atoms with Gasteiger partial charge in [0, 0.05) is 13.1 Å². The van der Waals surface area contributed by atoms with E-state index >= 15 is 0 Å². The molecule has 1 nitrogen and oxygen atoms in total. The fraction of sp³-hybridized carbons (Fsp3) is 0.538. The van der Waals surface area contributed by atoms with Crippen LogP contribution in [0.3, 0.4) is 0 Å². The van der Waals surface area contributed by atoms with Crippen LogP contribution >= 0.6 is 11.6 Å². The molecule has 0 unspecified atom stereocenters. The number of hydrogen-bond acceptors (Lipinski definition) is 1. The predicted octanol–water partition coefficient (Wildman–Crippen LogP) is 3.76. The van der Waals surface area contributed by atoms with Gasteiger partial charge in [-0.1, -0.05) is 31.0 Å². The van der Waals surface area contributed by atoms with E-state index in [4.69, 9.17) is 11.6 Å². The van der Waals surface area contributed by atoms with Crippen molar-refractivity contribution in [3.05, 3.63) is 34.6 Å². The van der Waals surface area contributed by atoms with Crippen molar-refractivity contribution < 1.29 is 4.39 Å². The number of rotatable bonds is 4. The summed E-state index contributed by atoms with van der Waals surface area (Å²) in [5, 5.41) is 3.57. The number of benzene rings is 1. The molecule has 1 aliphatic rings. The quantitative estimate of drug-likeness (QED) is 0.847. The average molecular weight is 242 g/mol. The lowest BCUT2D eigenvalue weighted by atomic mass is 9.70. The first-order chi connectivity index (χ1) is 7.59. The Kier molecular flexibility index (Phi) is 3.50. The van der Waals surface area contributed by atoms with Crippen LogP contribution in [0, 0.1) is 11.2 Å². The van der Waals surface area contributed by atoms with E-state index in [1.807, 2.05) is 6.07 Å². The van der Waals surface area contributed by atoms with E-state index in [-0.39, 0.29) is 10.8 Å². The highest BCUT2D eigenvalue weighted by molar-refractivity contribution is 6.30. The van der Waals surface area contributed by atoms with Crippen molar-refractivity contribution in [3.63, 3.8) is 0 Å². The SMILES string of the molecule is CC1(CNCc2ccc(Cl)c(F)c2)CCC1. The number of nitrogens with one attached hydrogen (secondary N) is 1. The third-order valence-electron chi connectivity index (χ3n) is 3.43. The van der Waals surface area contributed by atoms with Gasteiger partial charge in [0.2, 0.25) is 0 Å². The summed E-state index contributed by atoms with van der Waals surface area (Å²) >= 11 is 5.62. The molecule has 1 aliphatic carbocycles. The van der Waals surface area contributed by atoms with Crippen LogP contribution in [0.15, 0.2) is 18.2 Å². The summed E-state index contributed by atoms with van der Waals surface area (Å²) in [6.07, 6.45) is 3.94. The second-order valence-corrected chi connectivity index (χ2v) is 5.42. The molecular formula is C13H17ClFN. The van der Waals surface area contributed by atoms with Crippen LogP contribution in [0.4, 0.5) is 4.39 Å². The fourth-order valence-corrected chi connectivity index (χ4v) is 2.23. The molecule has 2 rings (SSSR count). The molecule has 0 aliphatic heterocycles. The highest BCUT2D eigenvalue weighted by Crippen LogP contribution is 2.39. The van der Waals surface area contributed by atoms with Crippen LogP contribution in [0.2, 0.25) is 5.02 Å². The van der Waals surface area contributed by atoms with Crippen molar-refractivity contribution in [1.29, 1.82) is 0 Å². The summed E-state index contributed by atoms with van der Waals surface area (Å²) in [4.78, 5) is 0. The van der Waals surface area contributed by atoms with Crippen molar-refractivity contribution in [2.45, 2.75) is 32.7 Å². The zero-order valence-electron chi connectivity index (χ0n) is 9.52. The highest BCUT2D eigenvalue weighted by atomic mass is 35.5. The van der Waals surface area contributed by atoms with Gasteiger partial charge < -0.3 is 5.32 Å². The molecule has 0 saturated heterocycles. The first-order valence-corrected chi connectivity index (χ1v) is 6.12. The Morgan fingerprint density at radius 1 is 1.44 bits per heavy atom. The van der Waals surface area contributed by atoms with Gasteiger partial charge in [0.25, 0.3) is 0 Å². The molecule has 0 atom stereocenters. The lowest BCUT2D eigenvalue weighted by molar-refractivity contribution is 0.156. The molecule has 1 fully saturated rings. The summed E-state index contributed by atoms with van der Waals surface area (Å²) in [7, 11) is 0. The van der Waals surface area contributed by atoms with Crippen LogP contribution in [0.5, 0.6) is 0 Å². The van der Waals surface area contributed by atoms with E-state index in [0.29, 0.717) is 12.0 Å². The van der Waals surface area contributed by atoms with Gasteiger partial charge in [-0.3, -0.25) is 0 Å². The fourth-order valence-electron chi connectivity index (χ4n) is 2.12. The van der Waals surface area contributed by atoms with Gasteiger partial charge in [-0.15, -0.1) is 0 Å². The minimum absolute atomic E-state index is 0.190. The Morgan fingerprint density at radius 3 is 2.75 bits per heavy atom. The largest absolute Gasteiger partial charge is 0.312 e. The molecule has 0 amide bonds. The minimum atomic E-state index is -0.337. The van der Waals surface area contributed by atoms with E-state index in [1.54, 1.807) is 6.07 Å². The molecule has 1 aromatic carbocycles. The van der Waals surface area contributed by atoms with Crippen LogP contribution in [0.25, 0.3) is 0 Å². The summed E-state index contributed by atoms with van der Waals surface area (Å²) in [5.74, 6) is -0.337. The molecule has 0 spiro atoms. The monoisotopic (exact) mass is 241 g/mol. The Morgan fingerprint density at radius 2 is 2.19 bits per heavy atom. The van der Waals surface area contributed by atoms with E-state index < -0.39 is 0 Å².